The molecule has 7 nitrogen and oxygen atoms in total. The summed E-state index contributed by atoms with van der Waals surface area (Å²) in [7, 11) is -0.968. The minimum Gasteiger partial charge on any atom is -0.449 e. The molecule has 1 unspecified atom stereocenters. The van der Waals surface area contributed by atoms with E-state index in [1.54, 1.807) is 0 Å². The monoisotopic (exact) mass is 378 g/mol. The highest BCUT2D eigenvalue weighted by molar-refractivity contribution is 9.10. The van der Waals surface area contributed by atoms with Crippen LogP contribution in [0, 0.1) is 0 Å². The molecule has 0 bridgehead atoms. The number of ether oxygens (including phenoxy) is 1. The van der Waals surface area contributed by atoms with Crippen molar-refractivity contribution in [2.45, 2.75) is 17.9 Å². The van der Waals surface area contributed by atoms with Crippen molar-refractivity contribution in [1.82, 2.24) is 4.31 Å². The van der Waals surface area contributed by atoms with Crippen molar-refractivity contribution in [3.63, 3.8) is 0 Å². The lowest BCUT2D eigenvalue weighted by atomic mass is 10.2. The maximum absolute atomic E-state index is 12.1. The Labute approximate surface area is 131 Å². The Bertz CT molecular complexity index is 672. The molecule has 2 N–H and O–H groups in total. The van der Waals surface area contributed by atoms with Gasteiger partial charge in [-0.25, -0.2) is 17.5 Å². The Morgan fingerprint density at radius 1 is 1.33 bits per heavy atom. The van der Waals surface area contributed by atoms with Crippen LogP contribution in [0.5, 0.6) is 0 Å². The number of amides is 1. The van der Waals surface area contributed by atoms with Gasteiger partial charge in [0, 0.05) is 18.6 Å². The molecule has 0 saturated carbocycles. The number of hydrogen-bond acceptors (Lipinski definition) is 5. The second-order valence-corrected chi connectivity index (χ2v) is 7.36. The Morgan fingerprint density at radius 2 is 1.90 bits per heavy atom. The first-order valence-corrected chi connectivity index (χ1v) is 8.03. The molecule has 0 spiro atoms. The van der Waals surface area contributed by atoms with Crippen LogP contribution < -0.4 is 5.73 Å². The minimum atomic E-state index is -3.72. The van der Waals surface area contributed by atoms with Crippen molar-refractivity contribution >= 4 is 37.8 Å². The van der Waals surface area contributed by atoms with Gasteiger partial charge in [0.25, 0.3) is 5.91 Å². The first-order chi connectivity index (χ1) is 9.57. The quantitative estimate of drug-likeness (QED) is 0.759. The number of esters is 1. The van der Waals surface area contributed by atoms with Gasteiger partial charge in [0.1, 0.15) is 0 Å². The standard InChI is InChI=1S/C12H15BrN2O5S/c1-7(11(14)16)20-12(17)8-4-5-9(13)10(6-8)21(18,19)15(2)3/h4-7H,1-3H3,(H2,14,16). The van der Waals surface area contributed by atoms with Gasteiger partial charge in [0.2, 0.25) is 10.0 Å². The summed E-state index contributed by atoms with van der Waals surface area (Å²) >= 11 is 3.13. The normalized spacial score (nSPS) is 13.0. The summed E-state index contributed by atoms with van der Waals surface area (Å²) in [6.07, 6.45) is -1.10. The van der Waals surface area contributed by atoms with E-state index in [2.05, 4.69) is 15.9 Å². The van der Waals surface area contributed by atoms with Gasteiger partial charge >= 0.3 is 5.97 Å². The lowest BCUT2D eigenvalue weighted by Crippen LogP contribution is -2.30. The summed E-state index contributed by atoms with van der Waals surface area (Å²) in [5.41, 5.74) is 5.01. The van der Waals surface area contributed by atoms with Crippen LogP contribution in [0.15, 0.2) is 27.6 Å². The molecule has 1 atom stereocenters. The molecule has 1 aromatic rings. The average molecular weight is 379 g/mol. The summed E-state index contributed by atoms with van der Waals surface area (Å²) in [6.45, 7) is 1.33. The Balaban J connectivity index is 3.19. The predicted octanol–water partition coefficient (Wildman–Crippen LogP) is 0.730. The average Bonchev–Trinajstić information content (AvgIpc) is 2.38. The molecule has 9 heteroatoms. The minimum absolute atomic E-state index is 0.00623. The fourth-order valence-corrected chi connectivity index (χ4v) is 3.16. The number of benzene rings is 1. The molecular formula is C12H15BrN2O5S. The van der Waals surface area contributed by atoms with Crippen LogP contribution in [0.1, 0.15) is 17.3 Å². The molecule has 21 heavy (non-hydrogen) atoms. The Hall–Kier alpha value is -1.45. The molecule has 0 aliphatic rings. The number of carbonyl (C=O) groups is 2. The van der Waals surface area contributed by atoms with E-state index in [-0.39, 0.29) is 10.5 Å². The second kappa shape index (κ2) is 6.54. The first kappa shape index (κ1) is 17.6. The van der Waals surface area contributed by atoms with E-state index in [0.717, 1.165) is 4.31 Å². The summed E-state index contributed by atoms with van der Waals surface area (Å²) in [5.74, 6) is -1.62. The molecule has 1 aromatic carbocycles. The fraction of sp³-hybridized carbons (Fsp3) is 0.333. The van der Waals surface area contributed by atoms with E-state index in [9.17, 15) is 18.0 Å². The number of primary amides is 1. The van der Waals surface area contributed by atoms with Crippen molar-refractivity contribution in [2.75, 3.05) is 14.1 Å². The van der Waals surface area contributed by atoms with Crippen molar-refractivity contribution in [3.8, 4) is 0 Å². The fourth-order valence-electron chi connectivity index (χ4n) is 1.31. The molecule has 0 saturated heterocycles. The van der Waals surface area contributed by atoms with Crippen molar-refractivity contribution in [1.29, 1.82) is 0 Å². The van der Waals surface area contributed by atoms with Gasteiger partial charge in [-0.05, 0) is 41.1 Å². The van der Waals surface area contributed by atoms with E-state index in [1.807, 2.05) is 0 Å². The topological polar surface area (TPSA) is 107 Å². The summed E-state index contributed by atoms with van der Waals surface area (Å²) in [6, 6.07) is 3.98. The zero-order valence-electron chi connectivity index (χ0n) is 11.7. The smallest absolute Gasteiger partial charge is 0.338 e. The highest BCUT2D eigenvalue weighted by atomic mass is 79.9. The van der Waals surface area contributed by atoms with Gasteiger partial charge in [-0.3, -0.25) is 4.79 Å². The van der Waals surface area contributed by atoms with Crippen molar-refractivity contribution < 1.29 is 22.7 Å². The number of halogens is 1. The number of nitrogens with zero attached hydrogens (tertiary/aromatic N) is 1. The number of sulfonamides is 1. The Morgan fingerprint density at radius 3 is 2.38 bits per heavy atom. The lowest BCUT2D eigenvalue weighted by Gasteiger charge is -2.14. The van der Waals surface area contributed by atoms with Gasteiger partial charge in [0.15, 0.2) is 6.10 Å². The number of rotatable bonds is 5. The molecule has 1 amide bonds. The van der Waals surface area contributed by atoms with Crippen LogP contribution in [-0.2, 0) is 19.6 Å². The molecule has 116 valence electrons. The van der Waals surface area contributed by atoms with E-state index in [0.29, 0.717) is 4.47 Å². The molecule has 0 fully saturated rings. The van der Waals surface area contributed by atoms with Crippen molar-refractivity contribution in [3.05, 3.63) is 28.2 Å². The zero-order valence-corrected chi connectivity index (χ0v) is 14.1. The van der Waals surface area contributed by atoms with E-state index in [4.69, 9.17) is 10.5 Å². The summed E-state index contributed by atoms with van der Waals surface area (Å²) < 4.78 is 30.4. The third-order valence-electron chi connectivity index (χ3n) is 2.61. The molecule has 0 aliphatic carbocycles. The third kappa shape index (κ3) is 4.02. The van der Waals surface area contributed by atoms with Gasteiger partial charge in [-0.1, -0.05) is 0 Å². The molecule has 0 heterocycles. The van der Waals surface area contributed by atoms with Gasteiger partial charge in [0.05, 0.1) is 10.5 Å². The molecule has 1 rings (SSSR count). The maximum atomic E-state index is 12.1. The summed E-state index contributed by atoms with van der Waals surface area (Å²) in [4.78, 5) is 22.7. The Kier molecular flexibility index (Phi) is 5.48. The first-order valence-electron chi connectivity index (χ1n) is 5.79. The SMILES string of the molecule is CC(OC(=O)c1ccc(Br)c(S(=O)(=O)N(C)C)c1)C(N)=O. The highest BCUT2D eigenvalue weighted by Crippen LogP contribution is 2.25. The highest BCUT2D eigenvalue weighted by Gasteiger charge is 2.23. The van der Waals surface area contributed by atoms with E-state index >= 15 is 0 Å². The van der Waals surface area contributed by atoms with Crippen LogP contribution in [0.2, 0.25) is 0 Å². The van der Waals surface area contributed by atoms with Crippen LogP contribution in [0.3, 0.4) is 0 Å². The summed E-state index contributed by atoms with van der Waals surface area (Å²) in [5, 5.41) is 0. The van der Waals surface area contributed by atoms with Crippen LogP contribution in [-0.4, -0.2) is 44.8 Å². The molecule has 0 radical (unpaired) electrons. The van der Waals surface area contributed by atoms with Crippen LogP contribution in [0.25, 0.3) is 0 Å². The number of hydrogen-bond donors (Lipinski definition) is 1. The van der Waals surface area contributed by atoms with Crippen LogP contribution >= 0.6 is 15.9 Å². The zero-order chi connectivity index (χ0) is 16.4. The number of nitrogens with two attached hydrogens (primary N) is 1. The van der Waals surface area contributed by atoms with Gasteiger partial charge < -0.3 is 10.5 Å². The molecule has 0 aromatic heterocycles. The van der Waals surface area contributed by atoms with Gasteiger partial charge in [-0.15, -0.1) is 0 Å². The number of carbonyl (C=O) groups excluding carboxylic acids is 2. The second-order valence-electron chi connectivity index (χ2n) is 4.38. The predicted molar refractivity (Wildman–Crippen MR) is 79.1 cm³/mol. The van der Waals surface area contributed by atoms with E-state index in [1.165, 1.54) is 39.2 Å². The third-order valence-corrected chi connectivity index (χ3v) is 5.42. The van der Waals surface area contributed by atoms with Crippen LogP contribution in [0.4, 0.5) is 0 Å². The van der Waals surface area contributed by atoms with E-state index < -0.39 is 28.0 Å². The molecular weight excluding hydrogens is 364 g/mol. The molecule has 0 aliphatic heterocycles. The largest absolute Gasteiger partial charge is 0.449 e. The maximum Gasteiger partial charge on any atom is 0.338 e. The van der Waals surface area contributed by atoms with Gasteiger partial charge in [-0.2, -0.15) is 0 Å². The lowest BCUT2D eigenvalue weighted by molar-refractivity contribution is -0.125. The van der Waals surface area contributed by atoms with Crippen molar-refractivity contribution in [2.24, 2.45) is 5.73 Å².